The molecule has 0 aliphatic rings. The van der Waals surface area contributed by atoms with E-state index in [1.165, 1.54) is 17.7 Å². The van der Waals surface area contributed by atoms with Crippen LogP contribution in [0, 0.1) is 5.92 Å². The van der Waals surface area contributed by atoms with Crippen molar-refractivity contribution in [2.24, 2.45) is 5.92 Å². The van der Waals surface area contributed by atoms with Crippen LogP contribution in [-0.4, -0.2) is 12.1 Å². The summed E-state index contributed by atoms with van der Waals surface area (Å²) in [6.07, 6.45) is 3.66. The predicted molar refractivity (Wildman–Crippen MR) is 79.2 cm³/mol. The molecule has 0 amide bonds. The van der Waals surface area contributed by atoms with Gasteiger partial charge in [0.25, 0.3) is 0 Å². The first-order valence-corrected chi connectivity index (χ1v) is 7.55. The number of thiophene rings is 1. The van der Waals surface area contributed by atoms with E-state index in [9.17, 15) is 0 Å². The number of halogens is 1. The Morgan fingerprint density at radius 2 is 2.00 bits per heavy atom. The molecule has 1 rings (SSSR count). The van der Waals surface area contributed by atoms with Crippen molar-refractivity contribution in [1.29, 1.82) is 0 Å². The summed E-state index contributed by atoms with van der Waals surface area (Å²) in [6.45, 7) is 10.1. The standard InChI is InChI=1S/C14H24ClNS/c1-11(9-10-16-14(2,3)4)5-6-12-7-8-13(15)17-12/h7-8,11,16H,5-6,9-10H2,1-4H3. The van der Waals surface area contributed by atoms with Crippen LogP contribution in [0.2, 0.25) is 4.34 Å². The summed E-state index contributed by atoms with van der Waals surface area (Å²) in [4.78, 5) is 1.41. The summed E-state index contributed by atoms with van der Waals surface area (Å²) in [7, 11) is 0. The number of nitrogens with one attached hydrogen (secondary N) is 1. The highest BCUT2D eigenvalue weighted by atomic mass is 35.5. The number of hydrogen-bond donors (Lipinski definition) is 1. The van der Waals surface area contributed by atoms with Crippen molar-refractivity contribution in [2.75, 3.05) is 6.54 Å². The van der Waals surface area contributed by atoms with Gasteiger partial charge in [0.1, 0.15) is 0 Å². The van der Waals surface area contributed by atoms with Gasteiger partial charge in [-0.3, -0.25) is 0 Å². The smallest absolute Gasteiger partial charge is 0.0931 e. The lowest BCUT2D eigenvalue weighted by molar-refractivity contribution is 0.387. The molecular weight excluding hydrogens is 250 g/mol. The normalized spacial score (nSPS) is 13.9. The molecule has 17 heavy (non-hydrogen) atoms. The first kappa shape index (κ1) is 15.0. The van der Waals surface area contributed by atoms with E-state index < -0.39 is 0 Å². The zero-order valence-corrected chi connectivity index (χ0v) is 12.9. The first-order valence-electron chi connectivity index (χ1n) is 6.36. The minimum Gasteiger partial charge on any atom is -0.312 e. The lowest BCUT2D eigenvalue weighted by Gasteiger charge is -2.21. The van der Waals surface area contributed by atoms with Gasteiger partial charge in [-0.1, -0.05) is 18.5 Å². The molecule has 0 saturated heterocycles. The molecule has 1 heterocycles. The van der Waals surface area contributed by atoms with Crippen LogP contribution in [0.15, 0.2) is 12.1 Å². The Balaban J connectivity index is 2.15. The van der Waals surface area contributed by atoms with Crippen LogP contribution in [-0.2, 0) is 6.42 Å². The van der Waals surface area contributed by atoms with Crippen molar-refractivity contribution in [2.45, 2.75) is 52.5 Å². The van der Waals surface area contributed by atoms with E-state index in [4.69, 9.17) is 11.6 Å². The van der Waals surface area contributed by atoms with Gasteiger partial charge < -0.3 is 5.32 Å². The molecule has 0 radical (unpaired) electrons. The maximum absolute atomic E-state index is 5.92. The molecule has 0 aromatic carbocycles. The van der Waals surface area contributed by atoms with Crippen molar-refractivity contribution in [3.05, 3.63) is 21.3 Å². The van der Waals surface area contributed by atoms with Gasteiger partial charge in [0.05, 0.1) is 4.34 Å². The molecule has 1 unspecified atom stereocenters. The van der Waals surface area contributed by atoms with E-state index in [0.717, 1.165) is 23.2 Å². The second-order valence-electron chi connectivity index (χ2n) is 5.82. The maximum atomic E-state index is 5.92. The average Bonchev–Trinajstić information content (AvgIpc) is 2.59. The van der Waals surface area contributed by atoms with Gasteiger partial charge >= 0.3 is 0 Å². The van der Waals surface area contributed by atoms with Crippen molar-refractivity contribution >= 4 is 22.9 Å². The van der Waals surface area contributed by atoms with E-state index in [1.807, 2.05) is 6.07 Å². The Bertz CT molecular complexity index is 327. The second kappa shape index (κ2) is 6.77. The van der Waals surface area contributed by atoms with Crippen LogP contribution in [0.25, 0.3) is 0 Å². The minimum atomic E-state index is 0.237. The maximum Gasteiger partial charge on any atom is 0.0931 e. The Morgan fingerprint density at radius 3 is 2.53 bits per heavy atom. The van der Waals surface area contributed by atoms with E-state index in [-0.39, 0.29) is 5.54 Å². The number of aryl methyl sites for hydroxylation is 1. The summed E-state index contributed by atoms with van der Waals surface area (Å²) in [6, 6.07) is 4.14. The Morgan fingerprint density at radius 1 is 1.29 bits per heavy atom. The van der Waals surface area contributed by atoms with E-state index >= 15 is 0 Å². The fraction of sp³-hybridized carbons (Fsp3) is 0.714. The van der Waals surface area contributed by atoms with E-state index in [0.29, 0.717) is 0 Å². The minimum absolute atomic E-state index is 0.237. The third-order valence-corrected chi connectivity index (χ3v) is 4.10. The molecular formula is C14H24ClNS. The third-order valence-electron chi connectivity index (χ3n) is 2.80. The molecule has 3 heteroatoms. The van der Waals surface area contributed by atoms with Crippen LogP contribution in [0.1, 0.15) is 45.4 Å². The quantitative estimate of drug-likeness (QED) is 0.789. The van der Waals surface area contributed by atoms with Gasteiger partial charge in [0.2, 0.25) is 0 Å². The van der Waals surface area contributed by atoms with Crippen molar-refractivity contribution in [1.82, 2.24) is 5.32 Å². The van der Waals surface area contributed by atoms with Crippen molar-refractivity contribution < 1.29 is 0 Å². The van der Waals surface area contributed by atoms with Gasteiger partial charge in [0.15, 0.2) is 0 Å². The fourth-order valence-corrected chi connectivity index (χ4v) is 2.82. The number of hydrogen-bond acceptors (Lipinski definition) is 2. The molecule has 0 fully saturated rings. The largest absolute Gasteiger partial charge is 0.312 e. The zero-order chi connectivity index (χ0) is 12.9. The lowest BCUT2D eigenvalue weighted by Crippen LogP contribution is -2.36. The summed E-state index contributed by atoms with van der Waals surface area (Å²) in [5.74, 6) is 0.769. The number of rotatable bonds is 6. The monoisotopic (exact) mass is 273 g/mol. The molecule has 1 aromatic rings. The summed E-state index contributed by atoms with van der Waals surface area (Å²) in [5.41, 5.74) is 0.237. The van der Waals surface area contributed by atoms with Crippen LogP contribution in [0.3, 0.4) is 0 Å². The van der Waals surface area contributed by atoms with Gasteiger partial charge in [-0.25, -0.2) is 0 Å². The van der Waals surface area contributed by atoms with Crippen LogP contribution in [0.5, 0.6) is 0 Å². The molecule has 0 aliphatic carbocycles. The van der Waals surface area contributed by atoms with E-state index in [2.05, 4.69) is 39.1 Å². The van der Waals surface area contributed by atoms with Crippen molar-refractivity contribution in [3.8, 4) is 0 Å². The van der Waals surface area contributed by atoms with Crippen LogP contribution < -0.4 is 5.32 Å². The molecule has 0 spiro atoms. The molecule has 98 valence electrons. The van der Waals surface area contributed by atoms with Crippen molar-refractivity contribution in [3.63, 3.8) is 0 Å². The van der Waals surface area contributed by atoms with Crippen LogP contribution >= 0.6 is 22.9 Å². The highest BCUT2D eigenvalue weighted by Gasteiger charge is 2.09. The summed E-state index contributed by atoms with van der Waals surface area (Å²) >= 11 is 7.63. The van der Waals surface area contributed by atoms with Gasteiger partial charge in [-0.05, 0) is 64.6 Å². The predicted octanol–water partition coefficient (Wildman–Crippen LogP) is 4.75. The summed E-state index contributed by atoms with van der Waals surface area (Å²) in [5, 5.41) is 3.54. The topological polar surface area (TPSA) is 12.0 Å². The third kappa shape index (κ3) is 7.07. The lowest BCUT2D eigenvalue weighted by atomic mass is 10.0. The molecule has 1 nitrogen and oxygen atoms in total. The molecule has 1 N–H and O–H groups in total. The van der Waals surface area contributed by atoms with Gasteiger partial charge in [-0.2, -0.15) is 0 Å². The van der Waals surface area contributed by atoms with Crippen LogP contribution in [0.4, 0.5) is 0 Å². The Kier molecular flexibility index (Phi) is 5.98. The molecule has 0 aliphatic heterocycles. The summed E-state index contributed by atoms with van der Waals surface area (Å²) < 4.78 is 0.905. The molecule has 1 aromatic heterocycles. The molecule has 0 bridgehead atoms. The van der Waals surface area contributed by atoms with E-state index in [1.54, 1.807) is 11.3 Å². The second-order valence-corrected chi connectivity index (χ2v) is 7.61. The fourth-order valence-electron chi connectivity index (χ4n) is 1.71. The molecule has 1 atom stereocenters. The first-order chi connectivity index (χ1) is 7.87. The highest BCUT2D eigenvalue weighted by molar-refractivity contribution is 7.16. The molecule has 0 saturated carbocycles. The average molecular weight is 274 g/mol. The van der Waals surface area contributed by atoms with Gasteiger partial charge in [-0.15, -0.1) is 11.3 Å². The zero-order valence-electron chi connectivity index (χ0n) is 11.3. The van der Waals surface area contributed by atoms with Gasteiger partial charge in [0, 0.05) is 10.4 Å². The SMILES string of the molecule is CC(CCNC(C)(C)C)CCc1ccc(Cl)s1. The highest BCUT2D eigenvalue weighted by Crippen LogP contribution is 2.24. The Hall–Kier alpha value is -0.0500. The Labute approximate surface area is 115 Å².